The van der Waals surface area contributed by atoms with Crippen LogP contribution in [0.2, 0.25) is 0 Å². The molecule has 0 atom stereocenters. The molecular weight excluding hydrogens is 911 g/mol. The first-order valence-corrected chi connectivity index (χ1v) is 19.9. The maximum absolute atomic E-state index is 7.23. The number of pyridine rings is 1. The summed E-state index contributed by atoms with van der Waals surface area (Å²) in [6, 6.07) is 63.8. The van der Waals surface area contributed by atoms with Gasteiger partial charge in [-0.1, -0.05) is 125 Å². The molecule has 0 aliphatic heterocycles. The molecule has 0 saturated carbocycles. The maximum Gasteiger partial charge on any atom is 0.0774 e. The Balaban J connectivity index is 0.000000230. The van der Waals surface area contributed by atoms with Crippen molar-refractivity contribution in [2.24, 2.45) is 0 Å². The number of benzene rings is 7. The molecule has 0 saturated heterocycles. The average molecular weight is 947 g/mol. The second kappa shape index (κ2) is 15.9. The molecule has 4 aromatic heterocycles. The minimum Gasteiger partial charge on any atom is -0.333 e. The first-order valence-electron chi connectivity index (χ1n) is 19.8. The van der Waals surface area contributed by atoms with Crippen LogP contribution in [0.5, 0.6) is 0 Å². The van der Waals surface area contributed by atoms with Gasteiger partial charge in [0, 0.05) is 56.3 Å². The van der Waals surface area contributed by atoms with Gasteiger partial charge in [-0.3, -0.25) is 16.3 Å². The molecule has 0 bridgehead atoms. The van der Waals surface area contributed by atoms with E-state index in [0.717, 1.165) is 39.4 Å². The summed E-state index contributed by atoms with van der Waals surface area (Å²) in [7, 11) is 0. The van der Waals surface area contributed by atoms with Gasteiger partial charge in [-0.15, -0.1) is 52.6 Å². The fourth-order valence-electron chi connectivity index (χ4n) is 7.22. The number of hydrogen-bond donors (Lipinski definition) is 0. The first-order chi connectivity index (χ1) is 28.9. The molecular formula is C51H33IrN3S2-2. The summed E-state index contributed by atoms with van der Waals surface area (Å²) in [5.41, 5.74) is 10.9. The topological polar surface area (TPSA) is 30.7 Å². The molecule has 0 amide bonds. The van der Waals surface area contributed by atoms with Gasteiger partial charge < -0.3 is 9.55 Å². The van der Waals surface area contributed by atoms with Crippen LogP contribution in [0.4, 0.5) is 0 Å². The third kappa shape index (κ3) is 7.14. The molecule has 57 heavy (non-hydrogen) atoms. The summed E-state index contributed by atoms with van der Waals surface area (Å²) >= 11 is 3.51. The summed E-state index contributed by atoms with van der Waals surface area (Å²) in [4.78, 5) is 9.30. The smallest absolute Gasteiger partial charge is 0.0774 e. The number of thiophene rings is 2. The Morgan fingerprint density at radius 2 is 1.30 bits per heavy atom. The minimum absolute atomic E-state index is 0. The first kappa shape index (κ1) is 33.2. The summed E-state index contributed by atoms with van der Waals surface area (Å²) in [6.07, 6.45) is 1.39. The molecule has 0 unspecified atom stereocenters. The largest absolute Gasteiger partial charge is 0.333 e. The van der Waals surface area contributed by atoms with Crippen LogP contribution in [-0.4, -0.2) is 14.5 Å². The summed E-state index contributed by atoms with van der Waals surface area (Å²) in [5.74, 6) is 0.913. The molecule has 0 N–H and O–H groups in total. The number of aromatic nitrogens is 3. The van der Waals surface area contributed by atoms with Gasteiger partial charge in [0.05, 0.1) is 16.9 Å². The van der Waals surface area contributed by atoms with Crippen molar-refractivity contribution in [3.63, 3.8) is 0 Å². The molecule has 0 fully saturated rings. The van der Waals surface area contributed by atoms with Crippen LogP contribution in [0.25, 0.3) is 91.9 Å². The van der Waals surface area contributed by atoms with E-state index in [0.29, 0.717) is 0 Å². The van der Waals surface area contributed by atoms with Crippen LogP contribution < -0.4 is 0 Å². The Hall–Kier alpha value is -6.01. The van der Waals surface area contributed by atoms with Crippen molar-refractivity contribution >= 4 is 64.0 Å². The minimum atomic E-state index is -2.09. The van der Waals surface area contributed by atoms with Crippen molar-refractivity contribution in [2.45, 2.75) is 6.85 Å². The van der Waals surface area contributed by atoms with Crippen molar-refractivity contribution in [3.8, 4) is 50.6 Å². The van der Waals surface area contributed by atoms with E-state index >= 15 is 0 Å². The van der Waals surface area contributed by atoms with Gasteiger partial charge >= 0.3 is 0 Å². The standard InChI is InChI=1S/C39H23N2S2.C12H10N.Ir/c1-2-8-25(9-3-1)26-14-18-29(19-15-26)41-35-12-6-5-11-34(35)40-39(41)33-24-42-36-20-16-27(23-32(33)36)28-17-21-38-31(22-28)30-10-4-7-13-37(30)43-38;1-10-7-8-12(13-9-10)11-5-3-2-4-6-11;/h1-23H;2-5,7-9H,1H3;/q2*-1;/i;1D3;. The zero-order valence-electron chi connectivity index (χ0n) is 33.3. The van der Waals surface area contributed by atoms with E-state index in [9.17, 15) is 0 Å². The van der Waals surface area contributed by atoms with Gasteiger partial charge in [0.15, 0.2) is 0 Å². The van der Waals surface area contributed by atoms with Crippen LogP contribution in [0.15, 0.2) is 182 Å². The van der Waals surface area contributed by atoms with Crippen molar-refractivity contribution in [2.75, 3.05) is 0 Å². The van der Waals surface area contributed by atoms with Crippen LogP contribution >= 0.6 is 22.7 Å². The van der Waals surface area contributed by atoms with E-state index in [1.54, 1.807) is 29.5 Å². The summed E-state index contributed by atoms with van der Waals surface area (Å²) in [6.45, 7) is -2.09. The van der Waals surface area contributed by atoms with Crippen LogP contribution in [0, 0.1) is 18.3 Å². The van der Waals surface area contributed by atoms with Gasteiger partial charge in [-0.05, 0) is 82.8 Å². The Morgan fingerprint density at radius 1 is 0.596 bits per heavy atom. The molecule has 0 aliphatic rings. The van der Waals surface area contributed by atoms with Crippen molar-refractivity contribution in [1.29, 1.82) is 0 Å². The average Bonchev–Trinajstić information content (AvgIpc) is 4.00. The predicted octanol–water partition coefficient (Wildman–Crippen LogP) is 14.3. The van der Waals surface area contributed by atoms with Gasteiger partial charge in [-0.2, -0.15) is 0 Å². The fourth-order valence-corrected chi connectivity index (χ4v) is 9.13. The number of para-hydroxylation sites is 2. The SMILES string of the molecule is [2H]C([2H])([2H])c1ccc(-c2[c-]cccc2)nc1.[Ir].[c-]1sc2ccc(-c3ccc4sc5ccccc5c4c3)cc2c1-c1nc2ccccc2n1-c1ccc(-c2ccccc2)cc1. The number of hydrogen-bond acceptors (Lipinski definition) is 4. The molecule has 275 valence electrons. The molecule has 1 radical (unpaired) electrons. The Morgan fingerprint density at radius 3 is 2.09 bits per heavy atom. The van der Waals surface area contributed by atoms with Crippen LogP contribution in [-0.2, 0) is 20.1 Å². The van der Waals surface area contributed by atoms with Crippen LogP contribution in [0.1, 0.15) is 9.68 Å². The number of rotatable bonds is 5. The Bertz CT molecular complexity index is 3250. The zero-order valence-corrected chi connectivity index (χ0v) is 34.3. The second-order valence-electron chi connectivity index (χ2n) is 13.5. The quantitative estimate of drug-likeness (QED) is 0.161. The monoisotopic (exact) mass is 947 g/mol. The van der Waals surface area contributed by atoms with Crippen molar-refractivity contribution in [1.82, 2.24) is 14.5 Å². The van der Waals surface area contributed by atoms with Gasteiger partial charge in [0.2, 0.25) is 0 Å². The summed E-state index contributed by atoms with van der Waals surface area (Å²) in [5, 5.41) is 7.44. The van der Waals surface area contributed by atoms with Crippen LogP contribution in [0.3, 0.4) is 0 Å². The van der Waals surface area contributed by atoms with Crippen molar-refractivity contribution in [3.05, 3.63) is 199 Å². The van der Waals surface area contributed by atoms with Gasteiger partial charge in [0.25, 0.3) is 0 Å². The molecule has 4 heterocycles. The Labute approximate surface area is 357 Å². The molecule has 0 spiro atoms. The normalized spacial score (nSPS) is 12.1. The van der Waals surface area contributed by atoms with Gasteiger partial charge in [0.1, 0.15) is 0 Å². The summed E-state index contributed by atoms with van der Waals surface area (Å²) < 4.78 is 27.8. The zero-order chi connectivity index (χ0) is 39.9. The molecule has 0 aliphatic carbocycles. The Kier molecular flexibility index (Phi) is 9.22. The molecule has 3 nitrogen and oxygen atoms in total. The van der Waals surface area contributed by atoms with E-state index in [2.05, 4.69) is 161 Å². The molecule has 7 aromatic carbocycles. The third-order valence-corrected chi connectivity index (χ3v) is 12.0. The number of nitrogens with zero attached hydrogens (tertiary/aromatic N) is 3. The van der Waals surface area contributed by atoms with Crippen molar-refractivity contribution < 1.29 is 24.2 Å². The maximum atomic E-state index is 7.23. The predicted molar refractivity (Wildman–Crippen MR) is 238 cm³/mol. The molecule has 6 heteroatoms. The molecule has 11 rings (SSSR count). The number of aryl methyl sites for hydroxylation is 1. The third-order valence-electron chi connectivity index (χ3n) is 9.99. The second-order valence-corrected chi connectivity index (χ2v) is 15.4. The fraction of sp³-hybridized carbons (Fsp3) is 0.0196. The van der Waals surface area contributed by atoms with E-state index in [1.807, 2.05) is 29.5 Å². The molecule has 11 aromatic rings. The van der Waals surface area contributed by atoms with E-state index in [4.69, 9.17) is 9.10 Å². The number of fused-ring (bicyclic) bond motifs is 5. The van der Waals surface area contributed by atoms with E-state index in [-0.39, 0.29) is 25.7 Å². The number of imidazole rings is 1. The van der Waals surface area contributed by atoms with E-state index < -0.39 is 6.85 Å². The van der Waals surface area contributed by atoms with E-state index in [1.165, 1.54) is 58.7 Å². The van der Waals surface area contributed by atoms with Gasteiger partial charge in [-0.25, -0.2) is 0 Å².